The first-order valence-electron chi connectivity index (χ1n) is 9.79. The Labute approximate surface area is 189 Å². The summed E-state index contributed by atoms with van der Waals surface area (Å²) in [4.78, 5) is 17.1. The molecular formula is C24H21BrClN3O. The molecule has 3 aromatic carbocycles. The van der Waals surface area contributed by atoms with Crippen LogP contribution in [0.5, 0.6) is 0 Å². The van der Waals surface area contributed by atoms with E-state index in [2.05, 4.69) is 44.0 Å². The fraction of sp³-hybridized carbons (Fsp3) is 0.167. The molecule has 4 rings (SSSR count). The Bertz CT molecular complexity index is 1170. The normalized spacial score (nSPS) is 11.0. The summed E-state index contributed by atoms with van der Waals surface area (Å²) >= 11 is 9.64. The molecule has 0 aliphatic heterocycles. The van der Waals surface area contributed by atoms with Crippen molar-refractivity contribution in [1.82, 2.24) is 14.9 Å². The Hall–Kier alpha value is -2.63. The fourth-order valence-corrected chi connectivity index (χ4v) is 3.92. The van der Waals surface area contributed by atoms with E-state index in [1.165, 1.54) is 5.56 Å². The predicted molar refractivity (Wildman–Crippen MR) is 125 cm³/mol. The van der Waals surface area contributed by atoms with Crippen molar-refractivity contribution < 1.29 is 4.79 Å². The smallest absolute Gasteiger partial charge is 0.224 e. The molecule has 4 aromatic rings. The molecule has 0 saturated carbocycles. The number of nitrogens with one attached hydrogen (secondary N) is 1. The highest BCUT2D eigenvalue weighted by atomic mass is 79.9. The van der Waals surface area contributed by atoms with Crippen molar-refractivity contribution in [3.63, 3.8) is 0 Å². The van der Waals surface area contributed by atoms with E-state index in [9.17, 15) is 4.79 Å². The molecule has 4 nitrogen and oxygen atoms in total. The van der Waals surface area contributed by atoms with Crippen LogP contribution in [0.4, 0.5) is 0 Å². The van der Waals surface area contributed by atoms with Crippen LogP contribution in [0.15, 0.2) is 77.3 Å². The van der Waals surface area contributed by atoms with Crippen molar-refractivity contribution in [2.45, 2.75) is 19.4 Å². The van der Waals surface area contributed by atoms with E-state index in [1.54, 1.807) is 6.07 Å². The third-order valence-electron chi connectivity index (χ3n) is 4.97. The number of hydrogen-bond acceptors (Lipinski definition) is 2. The minimum absolute atomic E-state index is 0.0429. The first kappa shape index (κ1) is 20.6. The molecule has 0 saturated heterocycles. The third kappa shape index (κ3) is 4.91. The summed E-state index contributed by atoms with van der Waals surface area (Å²) in [5.41, 5.74) is 4.09. The number of hydrogen-bond donors (Lipinski definition) is 1. The van der Waals surface area contributed by atoms with E-state index < -0.39 is 0 Å². The van der Waals surface area contributed by atoms with Gasteiger partial charge in [-0.2, -0.15) is 0 Å². The summed E-state index contributed by atoms with van der Waals surface area (Å²) in [6.45, 7) is 1.25. The lowest BCUT2D eigenvalue weighted by atomic mass is 10.1. The van der Waals surface area contributed by atoms with Gasteiger partial charge in [0.1, 0.15) is 5.82 Å². The van der Waals surface area contributed by atoms with Gasteiger partial charge in [-0.15, -0.1) is 0 Å². The number of nitrogens with zero attached hydrogens (tertiary/aromatic N) is 2. The monoisotopic (exact) mass is 481 g/mol. The van der Waals surface area contributed by atoms with Crippen LogP contribution in [-0.2, 0) is 24.2 Å². The van der Waals surface area contributed by atoms with Crippen LogP contribution in [0, 0.1) is 0 Å². The maximum Gasteiger partial charge on any atom is 0.224 e. The molecule has 152 valence electrons. The van der Waals surface area contributed by atoms with Gasteiger partial charge in [0.25, 0.3) is 0 Å². The Morgan fingerprint density at radius 2 is 1.73 bits per heavy atom. The van der Waals surface area contributed by atoms with E-state index >= 15 is 0 Å². The van der Waals surface area contributed by atoms with Gasteiger partial charge in [-0.3, -0.25) is 4.79 Å². The summed E-state index contributed by atoms with van der Waals surface area (Å²) in [5, 5.41) is 3.61. The van der Waals surface area contributed by atoms with Gasteiger partial charge in [-0.25, -0.2) is 4.98 Å². The number of para-hydroxylation sites is 2. The molecule has 1 amide bonds. The number of carbonyl (C=O) groups is 1. The molecule has 6 heteroatoms. The number of fused-ring (bicyclic) bond motifs is 1. The molecular weight excluding hydrogens is 462 g/mol. The number of amides is 1. The van der Waals surface area contributed by atoms with Crippen LogP contribution in [-0.4, -0.2) is 22.0 Å². The average molecular weight is 483 g/mol. The Balaban J connectivity index is 1.46. The second kappa shape index (κ2) is 9.45. The number of benzene rings is 3. The summed E-state index contributed by atoms with van der Waals surface area (Å²) in [6, 6.07) is 23.8. The first-order valence-corrected chi connectivity index (χ1v) is 11.0. The number of rotatable bonds is 7. The maximum atomic E-state index is 12.3. The highest BCUT2D eigenvalue weighted by Crippen LogP contribution is 2.20. The van der Waals surface area contributed by atoms with Crippen molar-refractivity contribution in [3.8, 4) is 0 Å². The largest absolute Gasteiger partial charge is 0.355 e. The topological polar surface area (TPSA) is 46.9 Å². The molecule has 0 aliphatic rings. The van der Waals surface area contributed by atoms with Crippen LogP contribution in [0.3, 0.4) is 0 Å². The minimum atomic E-state index is -0.0429. The van der Waals surface area contributed by atoms with Gasteiger partial charge in [0.05, 0.1) is 17.5 Å². The quantitative estimate of drug-likeness (QED) is 0.383. The van der Waals surface area contributed by atoms with Crippen molar-refractivity contribution in [1.29, 1.82) is 0 Å². The van der Waals surface area contributed by atoms with E-state index in [0.29, 0.717) is 18.0 Å². The van der Waals surface area contributed by atoms with Crippen LogP contribution in [0.1, 0.15) is 17.0 Å². The molecule has 0 fully saturated rings. The van der Waals surface area contributed by atoms with Crippen molar-refractivity contribution in [2.75, 3.05) is 6.54 Å². The number of halogens is 2. The summed E-state index contributed by atoms with van der Waals surface area (Å²) < 4.78 is 3.28. The lowest BCUT2D eigenvalue weighted by molar-refractivity contribution is -0.120. The zero-order valence-corrected chi connectivity index (χ0v) is 18.7. The van der Waals surface area contributed by atoms with Gasteiger partial charge in [0, 0.05) is 29.0 Å². The Kier molecular flexibility index (Phi) is 6.50. The van der Waals surface area contributed by atoms with Crippen molar-refractivity contribution in [3.05, 3.63) is 99.2 Å². The second-order valence-corrected chi connectivity index (χ2v) is 8.42. The minimum Gasteiger partial charge on any atom is -0.355 e. The van der Waals surface area contributed by atoms with Gasteiger partial charge < -0.3 is 9.88 Å². The van der Waals surface area contributed by atoms with Gasteiger partial charge in [0.15, 0.2) is 0 Å². The summed E-state index contributed by atoms with van der Waals surface area (Å²) in [6.07, 6.45) is 0.925. The molecule has 0 unspecified atom stereocenters. The molecule has 1 N–H and O–H groups in total. The molecule has 1 heterocycles. The first-order chi connectivity index (χ1) is 14.6. The fourth-order valence-electron chi connectivity index (χ4n) is 3.46. The van der Waals surface area contributed by atoms with Crippen LogP contribution < -0.4 is 5.32 Å². The third-order valence-corrected chi connectivity index (χ3v) is 5.86. The zero-order chi connectivity index (χ0) is 20.9. The summed E-state index contributed by atoms with van der Waals surface area (Å²) in [5.74, 6) is 0.913. The number of aromatic nitrogens is 2. The Morgan fingerprint density at radius 3 is 2.53 bits per heavy atom. The average Bonchev–Trinajstić information content (AvgIpc) is 3.09. The molecule has 1 aromatic heterocycles. The lowest BCUT2D eigenvalue weighted by Gasteiger charge is -2.11. The highest BCUT2D eigenvalue weighted by molar-refractivity contribution is 9.10. The number of imidazole rings is 1. The molecule has 30 heavy (non-hydrogen) atoms. The van der Waals surface area contributed by atoms with Gasteiger partial charge >= 0.3 is 0 Å². The second-order valence-electron chi connectivity index (χ2n) is 7.10. The van der Waals surface area contributed by atoms with Crippen LogP contribution >= 0.6 is 27.5 Å². The van der Waals surface area contributed by atoms with E-state index in [-0.39, 0.29) is 12.3 Å². The number of carbonyl (C=O) groups excluding carboxylic acids is 1. The lowest BCUT2D eigenvalue weighted by Crippen LogP contribution is -2.28. The van der Waals surface area contributed by atoms with Crippen LogP contribution in [0.25, 0.3) is 11.0 Å². The van der Waals surface area contributed by atoms with E-state index in [4.69, 9.17) is 16.6 Å². The van der Waals surface area contributed by atoms with Crippen LogP contribution in [0.2, 0.25) is 5.02 Å². The van der Waals surface area contributed by atoms with E-state index in [1.807, 2.05) is 48.5 Å². The SMILES string of the molecule is O=C(Cc1ccccc1Cl)NCCc1nc2ccccc2n1Cc1ccc(Br)cc1. The Morgan fingerprint density at radius 1 is 1.00 bits per heavy atom. The molecule has 0 bridgehead atoms. The van der Waals surface area contributed by atoms with Crippen molar-refractivity contribution >= 4 is 44.5 Å². The van der Waals surface area contributed by atoms with E-state index in [0.717, 1.165) is 33.4 Å². The molecule has 0 atom stereocenters. The highest BCUT2D eigenvalue weighted by Gasteiger charge is 2.12. The zero-order valence-electron chi connectivity index (χ0n) is 16.3. The molecule has 0 spiro atoms. The van der Waals surface area contributed by atoms with Gasteiger partial charge in [-0.05, 0) is 41.5 Å². The maximum absolute atomic E-state index is 12.3. The predicted octanol–water partition coefficient (Wildman–Crippen LogP) is 5.40. The van der Waals surface area contributed by atoms with Gasteiger partial charge in [0.2, 0.25) is 5.91 Å². The van der Waals surface area contributed by atoms with Crippen molar-refractivity contribution in [2.24, 2.45) is 0 Å². The standard InChI is InChI=1S/C24H21BrClN3O/c25-19-11-9-17(10-12-19)16-29-22-8-4-3-7-21(22)28-23(29)13-14-27-24(30)15-18-5-1-2-6-20(18)26/h1-12H,13-16H2,(H,27,30). The molecule has 0 aliphatic carbocycles. The summed E-state index contributed by atoms with van der Waals surface area (Å²) in [7, 11) is 0. The molecule has 0 radical (unpaired) electrons. The van der Waals surface area contributed by atoms with Gasteiger partial charge in [-0.1, -0.05) is 70.0 Å².